The Balaban J connectivity index is 2.33. The Bertz CT molecular complexity index is 661. The van der Waals surface area contributed by atoms with Crippen molar-refractivity contribution in [3.05, 3.63) is 39.3 Å². The van der Waals surface area contributed by atoms with E-state index in [1.165, 1.54) is 11.3 Å². The Kier molecular flexibility index (Phi) is 3.74. The Hall–Kier alpha value is -0.920. The first-order valence-electron chi connectivity index (χ1n) is 5.10. The van der Waals surface area contributed by atoms with E-state index in [4.69, 9.17) is 0 Å². The van der Waals surface area contributed by atoms with Crippen LogP contribution in [0, 0.1) is 13.8 Å². The number of thiophene rings is 1. The van der Waals surface area contributed by atoms with Gasteiger partial charge < -0.3 is 0 Å². The highest BCUT2D eigenvalue weighted by atomic mass is 79.9. The van der Waals surface area contributed by atoms with Crippen LogP contribution in [-0.4, -0.2) is 13.4 Å². The van der Waals surface area contributed by atoms with Crippen molar-refractivity contribution in [3.63, 3.8) is 0 Å². The molecule has 0 bridgehead atoms. The summed E-state index contributed by atoms with van der Waals surface area (Å²) in [4.78, 5) is 3.98. The third kappa shape index (κ3) is 2.90. The van der Waals surface area contributed by atoms with Gasteiger partial charge in [-0.2, -0.15) is 0 Å². The molecule has 0 aromatic carbocycles. The second kappa shape index (κ2) is 4.99. The van der Waals surface area contributed by atoms with Crippen molar-refractivity contribution in [2.24, 2.45) is 0 Å². The molecule has 0 amide bonds. The van der Waals surface area contributed by atoms with Crippen LogP contribution in [0.25, 0.3) is 0 Å². The molecular formula is C11H11BrN2O2S2. The lowest BCUT2D eigenvalue weighted by molar-refractivity contribution is 0.603. The van der Waals surface area contributed by atoms with Crippen LogP contribution < -0.4 is 4.72 Å². The van der Waals surface area contributed by atoms with Crippen LogP contribution in [0.5, 0.6) is 0 Å². The molecule has 1 N–H and O–H groups in total. The summed E-state index contributed by atoms with van der Waals surface area (Å²) in [5.41, 5.74) is 1.85. The molecule has 0 radical (unpaired) electrons. The number of rotatable bonds is 3. The van der Waals surface area contributed by atoms with Gasteiger partial charge in [-0.25, -0.2) is 13.4 Å². The molecule has 0 unspecified atom stereocenters. The van der Waals surface area contributed by atoms with Gasteiger partial charge in [0.1, 0.15) is 10.0 Å². The minimum Gasteiger partial charge on any atom is -0.263 e. The highest BCUT2D eigenvalue weighted by molar-refractivity contribution is 9.11. The molecule has 2 rings (SSSR count). The first-order valence-corrected chi connectivity index (χ1v) is 8.19. The van der Waals surface area contributed by atoms with Crippen molar-refractivity contribution in [1.29, 1.82) is 0 Å². The number of hydrogen-bond donors (Lipinski definition) is 1. The number of anilines is 1. The van der Waals surface area contributed by atoms with Gasteiger partial charge in [0.2, 0.25) is 0 Å². The van der Waals surface area contributed by atoms with Gasteiger partial charge in [0.25, 0.3) is 10.0 Å². The minimum absolute atomic E-state index is 0.273. The monoisotopic (exact) mass is 346 g/mol. The Morgan fingerprint density at radius 1 is 1.33 bits per heavy atom. The maximum Gasteiger partial charge on any atom is 0.272 e. The second-order valence-corrected chi connectivity index (χ2v) is 8.13. The molecule has 2 aromatic rings. The van der Waals surface area contributed by atoms with E-state index in [9.17, 15) is 8.42 Å². The molecule has 0 spiro atoms. The number of hydrogen-bond acceptors (Lipinski definition) is 4. The fourth-order valence-corrected chi connectivity index (χ4v) is 4.57. The lowest BCUT2D eigenvalue weighted by Crippen LogP contribution is -2.12. The Labute approximate surface area is 118 Å². The van der Waals surface area contributed by atoms with E-state index >= 15 is 0 Å². The highest BCUT2D eigenvalue weighted by Crippen LogP contribution is 2.31. The highest BCUT2D eigenvalue weighted by Gasteiger charge is 2.18. The zero-order chi connectivity index (χ0) is 13.3. The topological polar surface area (TPSA) is 59.1 Å². The van der Waals surface area contributed by atoms with Gasteiger partial charge in [-0.3, -0.25) is 4.72 Å². The summed E-state index contributed by atoms with van der Waals surface area (Å²) in [6, 6.07) is 5.13. The summed E-state index contributed by atoms with van der Waals surface area (Å²) < 4.78 is 27.8. The average Bonchev–Trinajstić information content (AvgIpc) is 2.59. The molecule has 4 nitrogen and oxygen atoms in total. The molecule has 2 heterocycles. The number of aromatic nitrogens is 1. The quantitative estimate of drug-likeness (QED) is 0.927. The maximum absolute atomic E-state index is 12.1. The summed E-state index contributed by atoms with van der Waals surface area (Å²) in [5, 5.41) is 0. The molecule has 96 valence electrons. The SMILES string of the molecule is Cc1ccnc(NS(=O)(=O)c2cc(C)c(Br)s2)c1. The third-order valence-electron chi connectivity index (χ3n) is 2.25. The maximum atomic E-state index is 12.1. The van der Waals surface area contributed by atoms with Crippen LogP contribution in [-0.2, 0) is 10.0 Å². The number of halogens is 1. The fraction of sp³-hybridized carbons (Fsp3) is 0.182. The normalized spacial score (nSPS) is 11.5. The molecule has 0 aliphatic carbocycles. The van der Waals surface area contributed by atoms with Gasteiger partial charge in [0.15, 0.2) is 0 Å². The number of nitrogens with zero attached hydrogens (tertiary/aromatic N) is 1. The summed E-state index contributed by atoms with van der Waals surface area (Å²) >= 11 is 4.50. The van der Waals surface area contributed by atoms with E-state index in [-0.39, 0.29) is 4.21 Å². The summed E-state index contributed by atoms with van der Waals surface area (Å²) in [6.07, 6.45) is 1.57. The van der Waals surface area contributed by atoms with Gasteiger partial charge in [-0.05, 0) is 59.1 Å². The van der Waals surface area contributed by atoms with E-state index in [1.807, 2.05) is 19.9 Å². The smallest absolute Gasteiger partial charge is 0.263 e. The molecule has 0 aliphatic rings. The van der Waals surface area contributed by atoms with Gasteiger partial charge in [-0.15, -0.1) is 11.3 Å². The predicted octanol–water partition coefficient (Wildman–Crippen LogP) is 3.32. The Morgan fingerprint density at radius 3 is 2.61 bits per heavy atom. The molecule has 7 heteroatoms. The first-order chi connectivity index (χ1) is 8.38. The van der Waals surface area contributed by atoms with Gasteiger partial charge in [0.05, 0.1) is 3.79 Å². The summed E-state index contributed by atoms with van der Waals surface area (Å²) in [5.74, 6) is 0.331. The summed E-state index contributed by atoms with van der Waals surface area (Å²) in [7, 11) is -3.56. The minimum atomic E-state index is -3.56. The lowest BCUT2D eigenvalue weighted by Gasteiger charge is -2.05. The first kappa shape index (κ1) is 13.5. The van der Waals surface area contributed by atoms with Crippen molar-refractivity contribution < 1.29 is 8.42 Å². The molecule has 0 saturated carbocycles. The zero-order valence-electron chi connectivity index (χ0n) is 9.77. The van der Waals surface area contributed by atoms with Gasteiger partial charge in [0, 0.05) is 6.20 Å². The van der Waals surface area contributed by atoms with Gasteiger partial charge in [-0.1, -0.05) is 0 Å². The standard InChI is InChI=1S/C11H11BrN2O2S2/c1-7-3-4-13-9(5-7)14-18(15,16)10-6-8(2)11(12)17-10/h3-6H,1-2H3,(H,13,14). The molecule has 0 atom stereocenters. The van der Waals surface area contributed by atoms with Crippen molar-refractivity contribution in [1.82, 2.24) is 4.98 Å². The predicted molar refractivity (Wildman–Crippen MR) is 76.5 cm³/mol. The number of nitrogens with one attached hydrogen (secondary N) is 1. The van der Waals surface area contributed by atoms with Crippen LogP contribution in [0.2, 0.25) is 0 Å². The van der Waals surface area contributed by atoms with E-state index in [0.717, 1.165) is 14.9 Å². The molecule has 0 aliphatic heterocycles. The zero-order valence-corrected chi connectivity index (χ0v) is 13.0. The fourth-order valence-electron chi connectivity index (χ4n) is 1.34. The van der Waals surface area contributed by atoms with Crippen molar-refractivity contribution in [2.45, 2.75) is 18.1 Å². The number of sulfonamides is 1. The number of pyridine rings is 1. The molecular weight excluding hydrogens is 336 g/mol. The molecule has 0 saturated heterocycles. The lowest BCUT2D eigenvalue weighted by atomic mass is 10.3. The van der Waals surface area contributed by atoms with Crippen LogP contribution in [0.1, 0.15) is 11.1 Å². The van der Waals surface area contributed by atoms with E-state index < -0.39 is 10.0 Å². The third-order valence-corrected chi connectivity index (χ3v) is 6.22. The van der Waals surface area contributed by atoms with E-state index in [0.29, 0.717) is 5.82 Å². The number of aryl methyl sites for hydroxylation is 2. The van der Waals surface area contributed by atoms with Crippen LogP contribution >= 0.6 is 27.3 Å². The van der Waals surface area contributed by atoms with Crippen LogP contribution in [0.15, 0.2) is 32.4 Å². The van der Waals surface area contributed by atoms with Crippen molar-refractivity contribution >= 4 is 43.1 Å². The van der Waals surface area contributed by atoms with E-state index in [2.05, 4.69) is 25.6 Å². The van der Waals surface area contributed by atoms with Crippen LogP contribution in [0.3, 0.4) is 0 Å². The molecule has 2 aromatic heterocycles. The average molecular weight is 347 g/mol. The van der Waals surface area contributed by atoms with Crippen molar-refractivity contribution in [3.8, 4) is 0 Å². The van der Waals surface area contributed by atoms with Gasteiger partial charge >= 0.3 is 0 Å². The Morgan fingerprint density at radius 2 is 2.06 bits per heavy atom. The largest absolute Gasteiger partial charge is 0.272 e. The summed E-state index contributed by atoms with van der Waals surface area (Å²) in [6.45, 7) is 3.73. The van der Waals surface area contributed by atoms with Crippen LogP contribution in [0.4, 0.5) is 5.82 Å². The molecule has 0 fully saturated rings. The molecule has 18 heavy (non-hydrogen) atoms. The van der Waals surface area contributed by atoms with Crippen molar-refractivity contribution in [2.75, 3.05) is 4.72 Å². The second-order valence-electron chi connectivity index (χ2n) is 3.85. The van der Waals surface area contributed by atoms with E-state index in [1.54, 1.807) is 18.3 Å².